The van der Waals surface area contributed by atoms with Crippen LogP contribution in [0, 0.1) is 18.3 Å². The third-order valence-electron chi connectivity index (χ3n) is 3.04. The summed E-state index contributed by atoms with van der Waals surface area (Å²) in [6, 6.07) is 12.7. The summed E-state index contributed by atoms with van der Waals surface area (Å²) >= 11 is 0. The highest BCUT2D eigenvalue weighted by atomic mass is 16.1. The van der Waals surface area contributed by atoms with Crippen molar-refractivity contribution in [2.75, 3.05) is 0 Å². The number of aromatic nitrogens is 1. The number of carbonyl (C=O) groups excluding carboxylic acids is 1. The Kier molecular flexibility index (Phi) is 3.81. The molecule has 0 unspecified atom stereocenters. The fraction of sp³-hybridized carbons (Fsp3) is 0.188. The number of hydrogen-bond donors (Lipinski definition) is 0. The number of hydrogen-bond acceptors (Lipinski definition) is 3. The smallest absolute Gasteiger partial charge is 0.273 e. The van der Waals surface area contributed by atoms with Gasteiger partial charge in [-0.3, -0.25) is 14.2 Å². The zero-order valence-electron chi connectivity index (χ0n) is 11.4. The second-order valence-electron chi connectivity index (χ2n) is 4.66. The Morgan fingerprint density at radius 3 is 2.50 bits per heavy atom. The van der Waals surface area contributed by atoms with Crippen LogP contribution in [0.5, 0.6) is 0 Å². The number of nitriles is 1. The highest BCUT2D eigenvalue weighted by molar-refractivity contribution is 5.78. The summed E-state index contributed by atoms with van der Waals surface area (Å²) in [6.45, 7) is 3.19. The SMILES string of the molecule is CC(=O)Cc1cc(C)c(C#N)c(=O)n1-c1ccccc1. The summed E-state index contributed by atoms with van der Waals surface area (Å²) in [6.07, 6.45) is 0.163. The van der Waals surface area contributed by atoms with Crippen molar-refractivity contribution in [3.8, 4) is 11.8 Å². The maximum atomic E-state index is 12.5. The predicted molar refractivity (Wildman–Crippen MR) is 75.9 cm³/mol. The molecule has 0 amide bonds. The van der Waals surface area contributed by atoms with Crippen LogP contribution < -0.4 is 5.56 Å². The Labute approximate surface area is 116 Å². The molecule has 1 heterocycles. The lowest BCUT2D eigenvalue weighted by atomic mass is 10.1. The number of benzene rings is 1. The van der Waals surface area contributed by atoms with Gasteiger partial charge >= 0.3 is 0 Å². The highest BCUT2D eigenvalue weighted by Gasteiger charge is 2.14. The standard InChI is InChI=1S/C16H14N2O2/c1-11-8-14(9-12(2)19)18(16(20)15(11)10-17)13-6-4-3-5-7-13/h3-8H,9H2,1-2H3. The Hall–Kier alpha value is -2.67. The van der Waals surface area contributed by atoms with Crippen molar-refractivity contribution in [1.29, 1.82) is 5.26 Å². The van der Waals surface area contributed by atoms with Crippen LogP contribution in [0.4, 0.5) is 0 Å². The van der Waals surface area contributed by atoms with Gasteiger partial charge in [0.25, 0.3) is 5.56 Å². The van der Waals surface area contributed by atoms with Gasteiger partial charge in [0.15, 0.2) is 0 Å². The molecule has 0 bridgehead atoms. The summed E-state index contributed by atoms with van der Waals surface area (Å²) in [7, 11) is 0. The summed E-state index contributed by atoms with van der Waals surface area (Å²) < 4.78 is 1.44. The molecule has 4 nitrogen and oxygen atoms in total. The molecule has 0 saturated heterocycles. The van der Waals surface area contributed by atoms with Crippen molar-refractivity contribution in [2.24, 2.45) is 0 Å². The predicted octanol–water partition coefficient (Wildman–Crippen LogP) is 2.15. The number of Topliss-reactive ketones (excluding diaryl/α,β-unsaturated/α-hetero) is 1. The van der Waals surface area contributed by atoms with E-state index in [2.05, 4.69) is 0 Å². The molecule has 1 aromatic heterocycles. The average Bonchev–Trinajstić information content (AvgIpc) is 2.39. The zero-order valence-corrected chi connectivity index (χ0v) is 11.4. The minimum atomic E-state index is -0.380. The third-order valence-corrected chi connectivity index (χ3v) is 3.04. The molecule has 0 aliphatic rings. The topological polar surface area (TPSA) is 62.9 Å². The monoisotopic (exact) mass is 266 g/mol. The molecular weight excluding hydrogens is 252 g/mol. The van der Waals surface area contributed by atoms with Crippen LogP contribution in [0.1, 0.15) is 23.7 Å². The van der Waals surface area contributed by atoms with E-state index in [1.807, 2.05) is 24.3 Å². The zero-order chi connectivity index (χ0) is 14.7. The first-order valence-electron chi connectivity index (χ1n) is 6.25. The van der Waals surface area contributed by atoms with E-state index < -0.39 is 0 Å². The van der Waals surface area contributed by atoms with Gasteiger partial charge in [-0.1, -0.05) is 18.2 Å². The minimum Gasteiger partial charge on any atom is -0.300 e. The van der Waals surface area contributed by atoms with Gasteiger partial charge in [0.1, 0.15) is 17.4 Å². The largest absolute Gasteiger partial charge is 0.300 e. The van der Waals surface area contributed by atoms with Crippen molar-refractivity contribution < 1.29 is 4.79 Å². The van der Waals surface area contributed by atoms with E-state index in [1.54, 1.807) is 25.1 Å². The lowest BCUT2D eigenvalue weighted by molar-refractivity contribution is -0.116. The van der Waals surface area contributed by atoms with Crippen LogP contribution in [0.15, 0.2) is 41.2 Å². The number of para-hydroxylation sites is 1. The van der Waals surface area contributed by atoms with Gasteiger partial charge in [-0.15, -0.1) is 0 Å². The van der Waals surface area contributed by atoms with Gasteiger partial charge in [-0.05, 0) is 37.6 Å². The Morgan fingerprint density at radius 2 is 1.95 bits per heavy atom. The molecule has 1 aromatic carbocycles. The van der Waals surface area contributed by atoms with Crippen molar-refractivity contribution in [1.82, 2.24) is 4.57 Å². The fourth-order valence-corrected chi connectivity index (χ4v) is 2.18. The second kappa shape index (κ2) is 5.54. The van der Waals surface area contributed by atoms with Crippen LogP contribution >= 0.6 is 0 Å². The maximum Gasteiger partial charge on any atom is 0.273 e. The number of nitrogens with zero attached hydrogens (tertiary/aromatic N) is 2. The minimum absolute atomic E-state index is 0.0295. The number of rotatable bonds is 3. The van der Waals surface area contributed by atoms with Crippen LogP contribution in [-0.4, -0.2) is 10.4 Å². The first kappa shape index (κ1) is 13.8. The van der Waals surface area contributed by atoms with E-state index in [9.17, 15) is 9.59 Å². The molecule has 0 aliphatic heterocycles. The van der Waals surface area contributed by atoms with E-state index >= 15 is 0 Å². The van der Waals surface area contributed by atoms with Crippen molar-refractivity contribution in [3.63, 3.8) is 0 Å². The lowest BCUT2D eigenvalue weighted by Gasteiger charge is -2.14. The molecule has 0 aliphatic carbocycles. The Morgan fingerprint density at radius 1 is 1.30 bits per heavy atom. The van der Waals surface area contributed by atoms with Crippen molar-refractivity contribution in [2.45, 2.75) is 20.3 Å². The molecule has 0 saturated carbocycles. The van der Waals surface area contributed by atoms with E-state index in [1.165, 1.54) is 11.5 Å². The van der Waals surface area contributed by atoms with Gasteiger partial charge in [-0.25, -0.2) is 0 Å². The van der Waals surface area contributed by atoms with Crippen LogP contribution in [0.2, 0.25) is 0 Å². The molecule has 4 heteroatoms. The Balaban J connectivity index is 2.79. The van der Waals surface area contributed by atoms with Crippen LogP contribution in [0.25, 0.3) is 5.69 Å². The lowest BCUT2D eigenvalue weighted by Crippen LogP contribution is -2.26. The van der Waals surface area contributed by atoms with Crippen molar-refractivity contribution >= 4 is 5.78 Å². The van der Waals surface area contributed by atoms with E-state index in [4.69, 9.17) is 5.26 Å². The number of pyridine rings is 1. The van der Waals surface area contributed by atoms with Gasteiger partial charge < -0.3 is 0 Å². The first-order chi connectivity index (χ1) is 9.54. The van der Waals surface area contributed by atoms with Crippen molar-refractivity contribution in [3.05, 3.63) is 63.6 Å². The van der Waals surface area contributed by atoms with Gasteiger partial charge in [-0.2, -0.15) is 5.26 Å². The first-order valence-corrected chi connectivity index (χ1v) is 6.25. The van der Waals surface area contributed by atoms with Gasteiger partial charge in [0.05, 0.1) is 0 Å². The summed E-state index contributed by atoms with van der Waals surface area (Å²) in [4.78, 5) is 23.8. The van der Waals surface area contributed by atoms with Gasteiger partial charge in [0.2, 0.25) is 0 Å². The molecule has 0 spiro atoms. The van der Waals surface area contributed by atoms with Crippen LogP contribution in [-0.2, 0) is 11.2 Å². The number of ketones is 1. The molecule has 0 fully saturated rings. The molecule has 20 heavy (non-hydrogen) atoms. The van der Waals surface area contributed by atoms with Gasteiger partial charge in [0, 0.05) is 17.8 Å². The highest BCUT2D eigenvalue weighted by Crippen LogP contribution is 2.13. The fourth-order valence-electron chi connectivity index (χ4n) is 2.18. The normalized spacial score (nSPS) is 10.1. The molecule has 2 rings (SSSR count). The quantitative estimate of drug-likeness (QED) is 0.855. The number of carbonyl (C=O) groups is 1. The summed E-state index contributed by atoms with van der Waals surface area (Å²) in [5.74, 6) is -0.0295. The van der Waals surface area contributed by atoms with E-state index in [0.717, 1.165) is 0 Å². The molecule has 100 valence electrons. The maximum absolute atomic E-state index is 12.5. The molecule has 0 atom stereocenters. The molecule has 0 radical (unpaired) electrons. The van der Waals surface area contributed by atoms with Crippen LogP contribution in [0.3, 0.4) is 0 Å². The van der Waals surface area contributed by atoms with E-state index in [0.29, 0.717) is 16.9 Å². The summed E-state index contributed by atoms with van der Waals surface area (Å²) in [5, 5.41) is 9.11. The third kappa shape index (κ3) is 2.52. The summed E-state index contributed by atoms with van der Waals surface area (Å²) in [5.41, 5.74) is 1.59. The second-order valence-corrected chi connectivity index (χ2v) is 4.66. The molecular formula is C16H14N2O2. The molecule has 0 N–H and O–H groups in total. The average molecular weight is 266 g/mol. The Bertz CT molecular complexity index is 753. The molecule has 2 aromatic rings. The number of aryl methyl sites for hydroxylation is 1. The van der Waals surface area contributed by atoms with E-state index in [-0.39, 0.29) is 23.3 Å².